The number of piperazine rings is 1. The number of carbonyl (C=O) groups is 1. The van der Waals surface area contributed by atoms with Gasteiger partial charge in [-0.25, -0.2) is 4.79 Å². The number of hydrogen-bond donors (Lipinski definition) is 1. The number of hydrogen-bond acceptors (Lipinski definition) is 4. The van der Waals surface area contributed by atoms with Crippen molar-refractivity contribution in [1.29, 1.82) is 0 Å². The molecular weight excluding hydrogens is 339 g/mol. The second-order valence-corrected chi connectivity index (χ2v) is 5.54. The molecule has 1 N–H and O–H groups in total. The van der Waals surface area contributed by atoms with Crippen LogP contribution in [-0.4, -0.2) is 55.5 Å². The van der Waals surface area contributed by atoms with Gasteiger partial charge in [0.1, 0.15) is 5.60 Å². The molecule has 114 valence electrons. The summed E-state index contributed by atoms with van der Waals surface area (Å²) in [7, 11) is 1.66. The molecular formula is C13H24N2O3Pd. The zero-order valence-electron chi connectivity index (χ0n) is 12.3. The fourth-order valence-corrected chi connectivity index (χ4v) is 1.82. The first-order chi connectivity index (χ1) is 7.83. The molecule has 5 nitrogen and oxygen atoms in total. The van der Waals surface area contributed by atoms with Crippen molar-refractivity contribution in [3.05, 3.63) is 7.43 Å². The number of amides is 1. The van der Waals surface area contributed by atoms with E-state index in [1.165, 1.54) is 0 Å². The van der Waals surface area contributed by atoms with E-state index in [1.54, 1.807) is 12.0 Å². The molecule has 0 aromatic carbocycles. The monoisotopic (exact) mass is 362 g/mol. The Hall–Kier alpha value is -0.148. The van der Waals surface area contributed by atoms with Crippen LogP contribution in [-0.2, 0) is 29.9 Å². The quantitative estimate of drug-likeness (QED) is 0.753. The number of carbonyl (C=O) groups excluding carboxylic acids is 1. The van der Waals surface area contributed by atoms with Gasteiger partial charge in [0.05, 0.1) is 6.61 Å². The Morgan fingerprint density at radius 1 is 1.42 bits per heavy atom. The molecule has 1 fully saturated rings. The number of ether oxygens (including phenoxy) is 2. The molecule has 1 aliphatic rings. The van der Waals surface area contributed by atoms with E-state index in [9.17, 15) is 4.79 Å². The summed E-state index contributed by atoms with van der Waals surface area (Å²) in [5.41, 5.74) is -0.446. The first-order valence-electron chi connectivity index (χ1n) is 6.05. The SMILES string of the molecule is COC[C@H]1CN(C(=O)OC(C)(C)C)[C@H](C)CN1.[C].[Pd]. The van der Waals surface area contributed by atoms with Crippen LogP contribution >= 0.6 is 0 Å². The normalized spacial score (nSPS) is 23.1. The Morgan fingerprint density at radius 3 is 2.47 bits per heavy atom. The van der Waals surface area contributed by atoms with Crippen LogP contribution in [0.5, 0.6) is 0 Å². The maximum absolute atomic E-state index is 12.0. The van der Waals surface area contributed by atoms with Gasteiger partial charge in [-0.15, -0.1) is 0 Å². The van der Waals surface area contributed by atoms with Crippen molar-refractivity contribution in [2.45, 2.75) is 45.4 Å². The van der Waals surface area contributed by atoms with Gasteiger partial charge in [0.25, 0.3) is 0 Å². The van der Waals surface area contributed by atoms with Gasteiger partial charge in [0.2, 0.25) is 0 Å². The third-order valence-electron chi connectivity index (χ3n) is 2.65. The second-order valence-electron chi connectivity index (χ2n) is 5.54. The summed E-state index contributed by atoms with van der Waals surface area (Å²) in [6.45, 7) is 9.66. The molecule has 19 heavy (non-hydrogen) atoms. The van der Waals surface area contributed by atoms with Crippen LogP contribution in [0.15, 0.2) is 0 Å². The van der Waals surface area contributed by atoms with Crippen molar-refractivity contribution in [2.75, 3.05) is 26.8 Å². The minimum atomic E-state index is -0.446. The van der Waals surface area contributed by atoms with Crippen LogP contribution in [0.2, 0.25) is 0 Å². The maximum Gasteiger partial charge on any atom is 0.410 e. The van der Waals surface area contributed by atoms with E-state index in [2.05, 4.69) is 5.32 Å². The molecule has 0 aromatic rings. The molecule has 1 heterocycles. The number of rotatable bonds is 2. The molecule has 0 bridgehead atoms. The summed E-state index contributed by atoms with van der Waals surface area (Å²) in [5.74, 6) is 0. The first kappa shape index (κ1) is 21.2. The predicted octanol–water partition coefficient (Wildman–Crippen LogP) is 1.31. The Morgan fingerprint density at radius 2 is 2.00 bits per heavy atom. The van der Waals surface area contributed by atoms with Crippen LogP contribution < -0.4 is 5.32 Å². The molecule has 1 aliphatic heterocycles. The molecule has 6 heteroatoms. The molecule has 0 aromatic heterocycles. The van der Waals surface area contributed by atoms with E-state index in [0.717, 1.165) is 6.54 Å². The molecule has 2 atom stereocenters. The zero-order valence-corrected chi connectivity index (χ0v) is 13.8. The van der Waals surface area contributed by atoms with Gasteiger partial charge in [0.15, 0.2) is 0 Å². The van der Waals surface area contributed by atoms with Crippen LogP contribution in [0.4, 0.5) is 4.79 Å². The van der Waals surface area contributed by atoms with Crippen LogP contribution in [0.3, 0.4) is 0 Å². The average molecular weight is 363 g/mol. The summed E-state index contributed by atoms with van der Waals surface area (Å²) in [6, 6.07) is 0.335. The predicted molar refractivity (Wildman–Crippen MR) is 69.3 cm³/mol. The van der Waals surface area contributed by atoms with Crippen molar-refractivity contribution in [2.24, 2.45) is 0 Å². The minimum Gasteiger partial charge on any atom is -0.444 e. The topological polar surface area (TPSA) is 50.8 Å². The molecule has 0 saturated carbocycles. The van der Waals surface area contributed by atoms with Crippen molar-refractivity contribution < 1.29 is 34.7 Å². The summed E-state index contributed by atoms with van der Waals surface area (Å²) < 4.78 is 10.5. The van der Waals surface area contributed by atoms with Crippen molar-refractivity contribution in [3.63, 3.8) is 0 Å². The summed E-state index contributed by atoms with van der Waals surface area (Å²) in [6.07, 6.45) is -0.243. The number of nitrogens with one attached hydrogen (secondary N) is 1. The van der Waals surface area contributed by atoms with E-state index in [1.807, 2.05) is 27.7 Å². The third kappa shape index (κ3) is 7.26. The van der Waals surface area contributed by atoms with E-state index in [0.29, 0.717) is 13.2 Å². The molecule has 1 saturated heterocycles. The fourth-order valence-electron chi connectivity index (χ4n) is 1.82. The van der Waals surface area contributed by atoms with Gasteiger partial charge in [0, 0.05) is 60.1 Å². The molecule has 0 spiro atoms. The molecule has 1 rings (SSSR count). The minimum absolute atomic E-state index is 0. The third-order valence-corrected chi connectivity index (χ3v) is 2.65. The zero-order chi connectivity index (χ0) is 13.1. The van der Waals surface area contributed by atoms with E-state index >= 15 is 0 Å². The van der Waals surface area contributed by atoms with Gasteiger partial charge >= 0.3 is 6.09 Å². The van der Waals surface area contributed by atoms with Crippen LogP contribution in [0.25, 0.3) is 0 Å². The van der Waals surface area contributed by atoms with E-state index in [4.69, 9.17) is 9.47 Å². The standard InChI is InChI=1S/C12H24N2O3.C.Pd/c1-9-6-13-10(8-16-5)7-14(9)11(15)17-12(2,3)4;;/h9-10,13H,6-8H2,1-5H3;;/t9-,10-;;/m1../s1. The molecule has 1 amide bonds. The van der Waals surface area contributed by atoms with Crippen molar-refractivity contribution >= 4 is 6.09 Å². The Balaban J connectivity index is 0. The molecule has 0 aliphatic carbocycles. The smallest absolute Gasteiger partial charge is 0.410 e. The van der Waals surface area contributed by atoms with Crippen molar-refractivity contribution in [3.8, 4) is 0 Å². The fraction of sp³-hybridized carbons (Fsp3) is 0.846. The summed E-state index contributed by atoms with van der Waals surface area (Å²) in [4.78, 5) is 13.8. The van der Waals surface area contributed by atoms with Gasteiger partial charge < -0.3 is 19.7 Å². The van der Waals surface area contributed by atoms with E-state index < -0.39 is 5.60 Å². The Kier molecular flexibility index (Phi) is 9.92. The largest absolute Gasteiger partial charge is 0.444 e. The number of methoxy groups -OCH3 is 1. The number of nitrogens with zero attached hydrogens (tertiary/aromatic N) is 1. The van der Waals surface area contributed by atoms with Crippen molar-refractivity contribution in [1.82, 2.24) is 10.2 Å². The maximum atomic E-state index is 12.0. The van der Waals surface area contributed by atoms with E-state index in [-0.39, 0.29) is 46.0 Å². The Bertz CT molecular complexity index is 269. The van der Waals surface area contributed by atoms with Gasteiger partial charge in [-0.2, -0.15) is 0 Å². The second kappa shape index (κ2) is 8.91. The molecule has 4 radical (unpaired) electrons. The van der Waals surface area contributed by atoms with Gasteiger partial charge in [-0.3, -0.25) is 0 Å². The van der Waals surface area contributed by atoms with Crippen LogP contribution in [0.1, 0.15) is 27.7 Å². The Labute approximate surface area is 131 Å². The van der Waals surface area contributed by atoms with Gasteiger partial charge in [-0.1, -0.05) is 0 Å². The average Bonchev–Trinajstić information content (AvgIpc) is 2.18. The first-order valence-corrected chi connectivity index (χ1v) is 6.05. The summed E-state index contributed by atoms with van der Waals surface area (Å²) in [5, 5.41) is 3.34. The van der Waals surface area contributed by atoms with Gasteiger partial charge in [-0.05, 0) is 27.7 Å². The molecule has 0 unspecified atom stereocenters. The van der Waals surface area contributed by atoms with Crippen LogP contribution in [0, 0.1) is 7.43 Å². The summed E-state index contributed by atoms with van der Waals surface area (Å²) >= 11 is 0.